The number of carbonyl (C=O) groups excluding carboxylic acids is 3. The van der Waals surface area contributed by atoms with Gasteiger partial charge in [-0.3, -0.25) is 20.2 Å². The van der Waals surface area contributed by atoms with Crippen LogP contribution in [0.2, 0.25) is 0 Å². The van der Waals surface area contributed by atoms with Crippen molar-refractivity contribution in [3.63, 3.8) is 0 Å². The first-order chi connectivity index (χ1) is 15.6. The average molecular weight is 496 g/mol. The maximum atomic E-state index is 12.5. The van der Waals surface area contributed by atoms with Gasteiger partial charge in [-0.2, -0.15) is 0 Å². The molecule has 176 valence electrons. The number of nitro groups is 1. The first-order valence-corrected chi connectivity index (χ1v) is 10.8. The molecule has 0 spiro atoms. The Morgan fingerprint density at radius 1 is 1.15 bits per heavy atom. The standard InChI is InChI=1S/C20H21N3O8S2/c1-5-30-18(25)14-10(3)15(19(26)31-6-2)33-17(14)22-20(32)21-16(24)11-7-8-13(29-4)12(9-11)23(27)28/h7-9H,5-6H2,1-4H3,(H2,21,22,24,32). The second-order valence-electron chi connectivity index (χ2n) is 6.25. The van der Waals surface area contributed by atoms with Crippen molar-refractivity contribution in [2.75, 3.05) is 25.6 Å². The molecule has 2 rings (SSSR count). The topological polar surface area (TPSA) is 146 Å². The summed E-state index contributed by atoms with van der Waals surface area (Å²) in [7, 11) is 1.27. The van der Waals surface area contributed by atoms with Crippen molar-refractivity contribution >= 4 is 57.2 Å². The molecule has 33 heavy (non-hydrogen) atoms. The Morgan fingerprint density at radius 3 is 2.36 bits per heavy atom. The Labute approximate surface area is 198 Å². The number of methoxy groups -OCH3 is 1. The first-order valence-electron chi connectivity index (χ1n) is 9.56. The number of thiocarbonyl (C=S) groups is 1. The van der Waals surface area contributed by atoms with Gasteiger partial charge in [0.1, 0.15) is 9.88 Å². The van der Waals surface area contributed by atoms with Crippen molar-refractivity contribution in [2.45, 2.75) is 20.8 Å². The Kier molecular flexibility index (Phi) is 8.82. The Morgan fingerprint density at radius 2 is 1.79 bits per heavy atom. The van der Waals surface area contributed by atoms with Gasteiger partial charge in [-0.1, -0.05) is 0 Å². The van der Waals surface area contributed by atoms with E-state index in [2.05, 4.69) is 10.6 Å². The number of esters is 2. The minimum Gasteiger partial charge on any atom is -0.490 e. The van der Waals surface area contributed by atoms with Crippen LogP contribution in [-0.4, -0.2) is 48.2 Å². The van der Waals surface area contributed by atoms with Crippen molar-refractivity contribution < 1.29 is 33.5 Å². The van der Waals surface area contributed by atoms with Crippen molar-refractivity contribution in [3.05, 3.63) is 49.9 Å². The summed E-state index contributed by atoms with van der Waals surface area (Å²) in [5.74, 6) is -2.02. The second-order valence-corrected chi connectivity index (χ2v) is 7.68. The van der Waals surface area contributed by atoms with Crippen LogP contribution in [-0.2, 0) is 9.47 Å². The molecule has 0 aliphatic heterocycles. The molecule has 0 aliphatic rings. The van der Waals surface area contributed by atoms with Gasteiger partial charge in [0.05, 0.1) is 30.8 Å². The molecule has 0 atom stereocenters. The number of anilines is 1. The Balaban J connectivity index is 2.29. The summed E-state index contributed by atoms with van der Waals surface area (Å²) in [4.78, 5) is 47.9. The zero-order valence-electron chi connectivity index (χ0n) is 18.2. The van der Waals surface area contributed by atoms with Crippen molar-refractivity contribution in [2.24, 2.45) is 0 Å². The first kappa shape index (κ1) is 25.7. The highest BCUT2D eigenvalue weighted by molar-refractivity contribution is 7.80. The number of nitrogens with one attached hydrogen (secondary N) is 2. The lowest BCUT2D eigenvalue weighted by Crippen LogP contribution is -2.34. The number of carbonyl (C=O) groups is 3. The highest BCUT2D eigenvalue weighted by atomic mass is 32.1. The number of ether oxygens (including phenoxy) is 3. The van der Waals surface area contributed by atoms with Gasteiger partial charge < -0.3 is 19.5 Å². The summed E-state index contributed by atoms with van der Waals surface area (Å²) in [6.45, 7) is 5.12. The molecule has 0 bridgehead atoms. The molecule has 0 fully saturated rings. The predicted octanol–water partition coefficient (Wildman–Crippen LogP) is 3.45. The van der Waals surface area contributed by atoms with Crippen LogP contribution in [0.4, 0.5) is 10.7 Å². The van der Waals surface area contributed by atoms with Gasteiger partial charge >= 0.3 is 17.6 Å². The Hall–Kier alpha value is -3.58. The van der Waals surface area contributed by atoms with Crippen LogP contribution >= 0.6 is 23.6 Å². The number of rotatable bonds is 8. The number of benzene rings is 1. The van der Waals surface area contributed by atoms with Gasteiger partial charge in [-0.15, -0.1) is 11.3 Å². The number of thiophene rings is 1. The number of nitro benzene ring substituents is 1. The van der Waals surface area contributed by atoms with Crippen LogP contribution in [0.3, 0.4) is 0 Å². The zero-order chi connectivity index (χ0) is 24.7. The third-order valence-electron chi connectivity index (χ3n) is 4.18. The number of amides is 1. The van der Waals surface area contributed by atoms with Crippen LogP contribution in [0, 0.1) is 17.0 Å². The Bertz CT molecular complexity index is 1110. The van der Waals surface area contributed by atoms with Gasteiger partial charge in [0.15, 0.2) is 10.9 Å². The molecule has 0 saturated carbocycles. The summed E-state index contributed by atoms with van der Waals surface area (Å²) >= 11 is 6.08. The molecule has 1 heterocycles. The van der Waals surface area contributed by atoms with Gasteiger partial charge in [0.2, 0.25) is 0 Å². The molecule has 0 saturated heterocycles. The van der Waals surface area contributed by atoms with Crippen molar-refractivity contribution in [1.29, 1.82) is 0 Å². The lowest BCUT2D eigenvalue weighted by Gasteiger charge is -2.10. The molecule has 1 amide bonds. The fourth-order valence-electron chi connectivity index (χ4n) is 2.73. The lowest BCUT2D eigenvalue weighted by atomic mass is 10.1. The normalized spacial score (nSPS) is 10.2. The van der Waals surface area contributed by atoms with Crippen LogP contribution in [0.1, 0.15) is 49.8 Å². The summed E-state index contributed by atoms with van der Waals surface area (Å²) in [5, 5.41) is 16.3. The van der Waals surface area contributed by atoms with Gasteiger partial charge in [0, 0.05) is 11.6 Å². The third-order valence-corrected chi connectivity index (χ3v) is 5.57. The minimum atomic E-state index is -0.727. The van der Waals surface area contributed by atoms with Crippen molar-refractivity contribution in [3.8, 4) is 5.75 Å². The van der Waals surface area contributed by atoms with E-state index < -0.39 is 22.8 Å². The number of hydrogen-bond acceptors (Lipinski definition) is 10. The second kappa shape index (κ2) is 11.3. The summed E-state index contributed by atoms with van der Waals surface area (Å²) in [6.07, 6.45) is 0. The molecule has 0 aliphatic carbocycles. The number of hydrogen-bond donors (Lipinski definition) is 2. The smallest absolute Gasteiger partial charge is 0.348 e. The van der Waals surface area contributed by atoms with Crippen LogP contribution in [0.25, 0.3) is 0 Å². The molecule has 2 aromatic rings. The van der Waals surface area contributed by atoms with Gasteiger partial charge in [0.25, 0.3) is 5.91 Å². The minimum absolute atomic E-state index is 0.00288. The fraction of sp³-hybridized carbons (Fsp3) is 0.300. The van der Waals surface area contributed by atoms with E-state index in [0.717, 1.165) is 17.4 Å². The predicted molar refractivity (Wildman–Crippen MR) is 124 cm³/mol. The number of nitrogens with zero attached hydrogens (tertiary/aromatic N) is 1. The van der Waals surface area contributed by atoms with E-state index in [1.807, 2.05) is 0 Å². The molecular formula is C20H21N3O8S2. The van der Waals surface area contributed by atoms with Gasteiger partial charge in [-0.05, 0) is 50.7 Å². The third kappa shape index (κ3) is 6.02. The fourth-order valence-corrected chi connectivity index (χ4v) is 4.08. The van der Waals surface area contributed by atoms with E-state index in [0.29, 0.717) is 5.56 Å². The highest BCUT2D eigenvalue weighted by Gasteiger charge is 2.27. The molecule has 1 aromatic carbocycles. The maximum Gasteiger partial charge on any atom is 0.348 e. The van der Waals surface area contributed by atoms with E-state index in [-0.39, 0.29) is 50.8 Å². The maximum absolute atomic E-state index is 12.5. The molecule has 0 unspecified atom stereocenters. The summed E-state index contributed by atoms with van der Waals surface area (Å²) in [5.41, 5.74) is 0.00863. The lowest BCUT2D eigenvalue weighted by molar-refractivity contribution is -0.385. The SMILES string of the molecule is CCOC(=O)c1sc(NC(=S)NC(=O)c2ccc(OC)c([N+](=O)[O-])c2)c(C(=O)OCC)c1C. The largest absolute Gasteiger partial charge is 0.490 e. The van der Waals surface area contributed by atoms with Gasteiger partial charge in [-0.25, -0.2) is 9.59 Å². The van der Waals surface area contributed by atoms with Crippen LogP contribution in [0.5, 0.6) is 5.75 Å². The van der Waals surface area contributed by atoms with E-state index in [1.54, 1.807) is 20.8 Å². The van der Waals surface area contributed by atoms with E-state index in [4.69, 9.17) is 26.4 Å². The molecule has 0 radical (unpaired) electrons. The highest BCUT2D eigenvalue weighted by Crippen LogP contribution is 2.34. The molecular weight excluding hydrogens is 474 g/mol. The molecule has 13 heteroatoms. The molecule has 1 aromatic heterocycles. The van der Waals surface area contributed by atoms with E-state index in [9.17, 15) is 24.5 Å². The van der Waals surface area contributed by atoms with Crippen LogP contribution in [0.15, 0.2) is 18.2 Å². The summed E-state index contributed by atoms with van der Waals surface area (Å²) in [6, 6.07) is 3.67. The monoisotopic (exact) mass is 495 g/mol. The van der Waals surface area contributed by atoms with E-state index >= 15 is 0 Å². The quantitative estimate of drug-likeness (QED) is 0.242. The molecule has 2 N–H and O–H groups in total. The average Bonchev–Trinajstić information content (AvgIpc) is 3.09. The molecule has 11 nitrogen and oxygen atoms in total. The van der Waals surface area contributed by atoms with Crippen LogP contribution < -0.4 is 15.4 Å². The zero-order valence-corrected chi connectivity index (χ0v) is 19.8. The van der Waals surface area contributed by atoms with Crippen molar-refractivity contribution in [1.82, 2.24) is 5.32 Å². The summed E-state index contributed by atoms with van der Waals surface area (Å²) < 4.78 is 15.0. The van der Waals surface area contributed by atoms with E-state index in [1.165, 1.54) is 19.2 Å².